The van der Waals surface area contributed by atoms with E-state index in [2.05, 4.69) is 22.2 Å². The number of nitrogens with one attached hydrogen (secondary N) is 1. The predicted octanol–water partition coefficient (Wildman–Crippen LogP) is 0.653. The van der Waals surface area contributed by atoms with Crippen LogP contribution in [0.15, 0.2) is 24.3 Å². The number of benzene rings is 1. The van der Waals surface area contributed by atoms with Gasteiger partial charge in [0.1, 0.15) is 24.8 Å². The summed E-state index contributed by atoms with van der Waals surface area (Å²) in [4.78, 5) is 45.9. The lowest BCUT2D eigenvalue weighted by atomic mass is 9.95. The molecule has 1 saturated carbocycles. The van der Waals surface area contributed by atoms with Crippen LogP contribution in [0, 0.1) is 5.92 Å². The molecule has 1 aromatic rings. The molecule has 0 bridgehead atoms. The fraction of sp³-hybridized carbons (Fsp3) is 0.654. The molecule has 196 valence electrons. The molecular weight excluding hydrogens is 480 g/mol. The summed E-state index contributed by atoms with van der Waals surface area (Å²) < 4.78 is 18.0. The number of anilines is 1. The molecule has 1 aromatic carbocycles. The highest BCUT2D eigenvalue weighted by Gasteiger charge is 2.55. The molecule has 3 heterocycles. The molecule has 1 unspecified atom stereocenters. The molecular formula is C26H36N4O5S. The van der Waals surface area contributed by atoms with Crippen molar-refractivity contribution in [1.82, 2.24) is 15.1 Å². The van der Waals surface area contributed by atoms with E-state index in [0.717, 1.165) is 57.5 Å². The van der Waals surface area contributed by atoms with Crippen LogP contribution in [0.1, 0.15) is 36.0 Å². The van der Waals surface area contributed by atoms with Crippen LogP contribution in [-0.4, -0.2) is 108 Å². The lowest BCUT2D eigenvalue weighted by Gasteiger charge is -2.34. The minimum Gasteiger partial charge on any atom is -0.369 e. The number of carbonyl (C=O) groups excluding carboxylic acids is 3. The molecule has 4 aliphatic rings. The molecule has 36 heavy (non-hydrogen) atoms. The van der Waals surface area contributed by atoms with Crippen molar-refractivity contribution in [2.24, 2.45) is 5.92 Å². The average molecular weight is 517 g/mol. The van der Waals surface area contributed by atoms with Gasteiger partial charge in [-0.25, -0.2) is 0 Å². The Bertz CT molecular complexity index is 1020. The number of Topliss-reactive ketones (excluding diaryl/α,β-unsaturated/α-hetero) is 1. The Labute approximate surface area is 215 Å². The van der Waals surface area contributed by atoms with Gasteiger partial charge in [0.15, 0.2) is 5.78 Å². The van der Waals surface area contributed by atoms with E-state index in [1.54, 1.807) is 6.26 Å². The summed E-state index contributed by atoms with van der Waals surface area (Å²) in [6, 6.07) is 6.14. The number of ether oxygens (including phenoxy) is 1. The Kier molecular flexibility index (Phi) is 7.46. The van der Waals surface area contributed by atoms with E-state index in [4.69, 9.17) is 4.74 Å². The number of hydrogen-bond donors (Lipinski definition) is 1. The Morgan fingerprint density at radius 2 is 1.75 bits per heavy atom. The number of fused-ring (bicyclic) bond motifs is 1. The van der Waals surface area contributed by atoms with Crippen LogP contribution in [0.5, 0.6) is 0 Å². The van der Waals surface area contributed by atoms with Crippen LogP contribution in [0.25, 0.3) is 0 Å². The van der Waals surface area contributed by atoms with Crippen LogP contribution in [-0.2, 0) is 25.1 Å². The molecule has 3 aliphatic heterocycles. The molecule has 0 radical (unpaired) electrons. The molecule has 10 heteroatoms. The smallest absolute Gasteiger partial charge is 0.251 e. The van der Waals surface area contributed by atoms with Crippen LogP contribution < -0.4 is 10.2 Å². The van der Waals surface area contributed by atoms with Crippen molar-refractivity contribution >= 4 is 34.1 Å². The van der Waals surface area contributed by atoms with Crippen molar-refractivity contribution in [3.8, 4) is 0 Å². The van der Waals surface area contributed by atoms with Gasteiger partial charge in [-0.15, -0.1) is 0 Å². The first kappa shape index (κ1) is 25.4. The van der Waals surface area contributed by atoms with Crippen LogP contribution in [0.2, 0.25) is 0 Å². The van der Waals surface area contributed by atoms with Gasteiger partial charge >= 0.3 is 0 Å². The van der Waals surface area contributed by atoms with Crippen molar-refractivity contribution in [3.05, 3.63) is 29.8 Å². The fourth-order valence-corrected chi connectivity index (χ4v) is 7.07. The fourth-order valence-electron chi connectivity index (χ4n) is 6.10. The average Bonchev–Trinajstić information content (AvgIpc) is 3.62. The van der Waals surface area contributed by atoms with E-state index in [1.165, 1.54) is 4.90 Å². The van der Waals surface area contributed by atoms with Gasteiger partial charge in [0.2, 0.25) is 5.91 Å². The van der Waals surface area contributed by atoms with Crippen LogP contribution in [0.3, 0.4) is 0 Å². The highest BCUT2D eigenvalue weighted by Crippen LogP contribution is 2.34. The maximum absolute atomic E-state index is 13.8. The van der Waals surface area contributed by atoms with E-state index >= 15 is 0 Å². The zero-order valence-electron chi connectivity index (χ0n) is 21.1. The first-order chi connectivity index (χ1) is 17.3. The Hall–Kier alpha value is -2.30. The number of ketones is 1. The molecule has 3 saturated heterocycles. The van der Waals surface area contributed by atoms with E-state index in [1.807, 2.05) is 24.3 Å². The van der Waals surface area contributed by atoms with Crippen LogP contribution in [0.4, 0.5) is 5.69 Å². The highest BCUT2D eigenvalue weighted by molar-refractivity contribution is 7.85. The van der Waals surface area contributed by atoms with Crippen LogP contribution >= 0.6 is 0 Å². The Balaban J connectivity index is 1.32. The Morgan fingerprint density at radius 1 is 1.08 bits per heavy atom. The van der Waals surface area contributed by atoms with Gasteiger partial charge in [0, 0.05) is 61.0 Å². The lowest BCUT2D eigenvalue weighted by Crippen LogP contribution is -2.54. The van der Waals surface area contributed by atoms with Gasteiger partial charge in [-0.05, 0) is 50.1 Å². The molecule has 4 fully saturated rings. The van der Waals surface area contributed by atoms with E-state index in [-0.39, 0.29) is 36.7 Å². The molecule has 2 amide bonds. The summed E-state index contributed by atoms with van der Waals surface area (Å²) in [5, 5.41) is 2.62. The second kappa shape index (κ2) is 10.6. The maximum Gasteiger partial charge on any atom is 0.251 e. The number of rotatable bonds is 6. The molecule has 1 N–H and O–H groups in total. The number of piperazine rings is 1. The zero-order valence-corrected chi connectivity index (χ0v) is 21.9. The van der Waals surface area contributed by atoms with E-state index in [9.17, 15) is 18.6 Å². The van der Waals surface area contributed by atoms with Gasteiger partial charge in [-0.1, -0.05) is 12.8 Å². The van der Waals surface area contributed by atoms with Crippen molar-refractivity contribution in [3.63, 3.8) is 0 Å². The third-order valence-corrected chi connectivity index (χ3v) is 9.54. The van der Waals surface area contributed by atoms with Crippen molar-refractivity contribution in [2.45, 2.75) is 49.1 Å². The zero-order chi connectivity index (χ0) is 25.4. The molecule has 0 spiro atoms. The number of amides is 2. The molecule has 5 atom stereocenters. The number of hydrogen-bond acceptors (Lipinski definition) is 7. The summed E-state index contributed by atoms with van der Waals surface area (Å²) in [6.45, 7) is 4.06. The van der Waals surface area contributed by atoms with Gasteiger partial charge in [0.05, 0.1) is 5.25 Å². The third kappa shape index (κ3) is 4.95. The second-order valence-corrected chi connectivity index (χ2v) is 12.1. The van der Waals surface area contributed by atoms with E-state index in [0.29, 0.717) is 5.56 Å². The number of nitrogens with zero attached hydrogens (tertiary/aromatic N) is 3. The van der Waals surface area contributed by atoms with Gasteiger partial charge < -0.3 is 24.8 Å². The minimum absolute atomic E-state index is 0.0214. The summed E-state index contributed by atoms with van der Waals surface area (Å²) in [5.41, 5.74) is 1.60. The summed E-state index contributed by atoms with van der Waals surface area (Å²) in [6.07, 6.45) is 4.79. The summed E-state index contributed by atoms with van der Waals surface area (Å²) >= 11 is 0. The van der Waals surface area contributed by atoms with Gasteiger partial charge in [-0.2, -0.15) is 0 Å². The largest absolute Gasteiger partial charge is 0.369 e. The predicted molar refractivity (Wildman–Crippen MR) is 137 cm³/mol. The SMILES string of the molecule is CN1CCN(c2ccc(C(=O)N[C@H](C(=O)N3C[C@H](S(C)=O)[C@H]4OCC(=O)[C@H]43)C3CCCC3)cc2)CC1. The summed E-state index contributed by atoms with van der Waals surface area (Å²) in [5.74, 6) is -0.679. The first-order valence-corrected chi connectivity index (χ1v) is 14.6. The first-order valence-electron chi connectivity index (χ1n) is 12.9. The summed E-state index contributed by atoms with van der Waals surface area (Å²) in [7, 11) is 0.887. The third-order valence-electron chi connectivity index (χ3n) is 8.27. The lowest BCUT2D eigenvalue weighted by molar-refractivity contribution is -0.139. The number of likely N-dealkylation sites (N-methyl/N-ethyl adjacent to an activating group) is 1. The normalized spacial score (nSPS) is 28.8. The second-order valence-electron chi connectivity index (χ2n) is 10.5. The topological polar surface area (TPSA) is 99.3 Å². The van der Waals surface area contributed by atoms with Gasteiger partial charge in [-0.3, -0.25) is 18.6 Å². The molecule has 1 aliphatic carbocycles. The number of likely N-dealkylation sites (tertiary alicyclic amines) is 1. The quantitative estimate of drug-likeness (QED) is 0.593. The maximum atomic E-state index is 13.8. The minimum atomic E-state index is -1.23. The van der Waals surface area contributed by atoms with E-state index < -0.39 is 34.2 Å². The Morgan fingerprint density at radius 3 is 2.39 bits per heavy atom. The molecule has 0 aromatic heterocycles. The molecule has 5 rings (SSSR count). The standard InChI is InChI=1S/C26H36N4O5S/c1-28-11-13-29(14-12-28)19-9-7-18(8-10-19)25(32)27-22(17-5-3-4-6-17)26(33)30-15-21(36(2)34)24-23(30)20(31)16-35-24/h7-10,17,21-24H,3-6,11-16H2,1-2H3,(H,27,32)/t21-,22-,23+,24+,36?/m0/s1. The molecule has 9 nitrogen and oxygen atoms in total. The highest BCUT2D eigenvalue weighted by atomic mass is 32.2. The monoisotopic (exact) mass is 516 g/mol. The van der Waals surface area contributed by atoms with Crippen molar-refractivity contribution in [1.29, 1.82) is 0 Å². The number of carbonyl (C=O) groups is 3. The van der Waals surface area contributed by atoms with Gasteiger partial charge in [0.25, 0.3) is 5.91 Å². The van der Waals surface area contributed by atoms with Crippen molar-refractivity contribution < 1.29 is 23.3 Å². The van der Waals surface area contributed by atoms with Crippen molar-refractivity contribution in [2.75, 3.05) is 57.5 Å².